The standard InChI is InChI=1S/C15H15N5OS2/c1-9-4-3-5-12(16-9)19-15-18-11(8-23-15)6-13(21)20-14-17-10(2)7-22-14/h3-5,7-8H,6H2,1-2H3,(H,16,18,19)(H,17,20,21). The highest BCUT2D eigenvalue weighted by Gasteiger charge is 2.10. The molecule has 3 rings (SSSR count). The number of nitrogens with one attached hydrogen (secondary N) is 2. The number of hydrogen-bond donors (Lipinski definition) is 2. The number of anilines is 3. The van der Waals surface area contributed by atoms with Crippen molar-refractivity contribution in [2.45, 2.75) is 20.3 Å². The van der Waals surface area contributed by atoms with E-state index >= 15 is 0 Å². The molecule has 0 aliphatic carbocycles. The van der Waals surface area contributed by atoms with Crippen LogP contribution in [0.5, 0.6) is 0 Å². The molecule has 3 heterocycles. The average Bonchev–Trinajstić information content (AvgIpc) is 3.08. The summed E-state index contributed by atoms with van der Waals surface area (Å²) >= 11 is 2.86. The largest absolute Gasteiger partial charge is 0.316 e. The Morgan fingerprint density at radius 3 is 2.61 bits per heavy atom. The Labute approximate surface area is 141 Å². The quantitative estimate of drug-likeness (QED) is 0.739. The van der Waals surface area contributed by atoms with Crippen molar-refractivity contribution in [3.8, 4) is 0 Å². The van der Waals surface area contributed by atoms with Crippen LogP contribution in [0.15, 0.2) is 29.0 Å². The van der Waals surface area contributed by atoms with Gasteiger partial charge in [-0.15, -0.1) is 22.7 Å². The molecule has 0 spiro atoms. The third-order valence-electron chi connectivity index (χ3n) is 2.88. The maximum absolute atomic E-state index is 12.0. The van der Waals surface area contributed by atoms with Crippen LogP contribution in [0.1, 0.15) is 17.1 Å². The molecular weight excluding hydrogens is 330 g/mol. The first-order chi connectivity index (χ1) is 11.1. The van der Waals surface area contributed by atoms with Crippen LogP contribution in [0.25, 0.3) is 0 Å². The van der Waals surface area contributed by atoms with Gasteiger partial charge >= 0.3 is 0 Å². The zero-order valence-corrected chi connectivity index (χ0v) is 14.3. The molecule has 0 atom stereocenters. The monoisotopic (exact) mass is 345 g/mol. The lowest BCUT2D eigenvalue weighted by atomic mass is 10.3. The van der Waals surface area contributed by atoms with Crippen LogP contribution in [0.4, 0.5) is 16.1 Å². The Hall–Kier alpha value is -2.32. The zero-order valence-electron chi connectivity index (χ0n) is 12.7. The van der Waals surface area contributed by atoms with Gasteiger partial charge in [-0.25, -0.2) is 15.0 Å². The number of thiazole rings is 2. The van der Waals surface area contributed by atoms with Gasteiger partial charge in [-0.1, -0.05) is 6.07 Å². The van der Waals surface area contributed by atoms with E-state index in [1.807, 2.05) is 42.8 Å². The smallest absolute Gasteiger partial charge is 0.232 e. The van der Waals surface area contributed by atoms with Gasteiger partial charge in [0.1, 0.15) is 5.82 Å². The SMILES string of the molecule is Cc1cccc(Nc2nc(CC(=O)Nc3nc(C)cs3)cs2)n1. The first kappa shape index (κ1) is 15.6. The molecule has 3 aromatic heterocycles. The molecule has 0 aliphatic heterocycles. The summed E-state index contributed by atoms with van der Waals surface area (Å²) in [6.45, 7) is 3.83. The molecule has 2 N–H and O–H groups in total. The molecule has 0 bridgehead atoms. The second kappa shape index (κ2) is 6.84. The Balaban J connectivity index is 1.59. The Morgan fingerprint density at radius 1 is 1.04 bits per heavy atom. The number of carbonyl (C=O) groups excluding carboxylic acids is 1. The van der Waals surface area contributed by atoms with Crippen molar-refractivity contribution in [3.05, 3.63) is 46.0 Å². The third-order valence-corrected chi connectivity index (χ3v) is 4.56. The summed E-state index contributed by atoms with van der Waals surface area (Å²) in [5.41, 5.74) is 2.55. The van der Waals surface area contributed by atoms with E-state index in [0.717, 1.165) is 28.0 Å². The van der Waals surface area contributed by atoms with Crippen molar-refractivity contribution in [1.29, 1.82) is 0 Å². The minimum Gasteiger partial charge on any atom is -0.316 e. The van der Waals surface area contributed by atoms with Gasteiger partial charge in [-0.05, 0) is 26.0 Å². The van der Waals surface area contributed by atoms with Crippen LogP contribution in [0.3, 0.4) is 0 Å². The molecule has 0 unspecified atom stereocenters. The molecule has 0 saturated heterocycles. The highest BCUT2D eigenvalue weighted by atomic mass is 32.1. The molecular formula is C15H15N5OS2. The Bertz CT molecular complexity index is 827. The summed E-state index contributed by atoms with van der Waals surface area (Å²) in [6, 6.07) is 5.75. The average molecular weight is 345 g/mol. The number of hydrogen-bond acceptors (Lipinski definition) is 7. The molecule has 0 aromatic carbocycles. The zero-order chi connectivity index (χ0) is 16.2. The summed E-state index contributed by atoms with van der Waals surface area (Å²) in [7, 11) is 0. The predicted octanol–water partition coefficient (Wildman–Crippen LogP) is 3.54. The van der Waals surface area contributed by atoms with Gasteiger partial charge in [0.25, 0.3) is 0 Å². The van der Waals surface area contributed by atoms with E-state index in [-0.39, 0.29) is 12.3 Å². The molecule has 0 saturated carbocycles. The molecule has 0 radical (unpaired) electrons. The third kappa shape index (κ3) is 4.33. The van der Waals surface area contributed by atoms with Gasteiger partial charge in [-0.2, -0.15) is 0 Å². The number of amides is 1. The van der Waals surface area contributed by atoms with Crippen LogP contribution in [-0.2, 0) is 11.2 Å². The number of rotatable bonds is 5. The molecule has 8 heteroatoms. The lowest BCUT2D eigenvalue weighted by Crippen LogP contribution is -2.14. The normalized spacial score (nSPS) is 10.5. The van der Waals surface area contributed by atoms with Crippen LogP contribution >= 0.6 is 22.7 Å². The topological polar surface area (TPSA) is 79.8 Å². The van der Waals surface area contributed by atoms with Gasteiger partial charge < -0.3 is 10.6 Å². The Morgan fingerprint density at radius 2 is 1.87 bits per heavy atom. The second-order valence-corrected chi connectivity index (χ2v) is 6.67. The minimum atomic E-state index is -0.120. The van der Waals surface area contributed by atoms with Gasteiger partial charge in [-0.3, -0.25) is 4.79 Å². The van der Waals surface area contributed by atoms with Gasteiger partial charge in [0.05, 0.1) is 17.8 Å². The van der Waals surface area contributed by atoms with E-state index in [1.165, 1.54) is 22.7 Å². The van der Waals surface area contributed by atoms with Gasteiger partial charge in [0.2, 0.25) is 5.91 Å². The fourth-order valence-electron chi connectivity index (χ4n) is 1.91. The predicted molar refractivity (Wildman–Crippen MR) is 93.6 cm³/mol. The van der Waals surface area contributed by atoms with Crippen LogP contribution in [0, 0.1) is 13.8 Å². The van der Waals surface area contributed by atoms with Crippen molar-refractivity contribution < 1.29 is 4.79 Å². The van der Waals surface area contributed by atoms with Gasteiger partial charge in [0.15, 0.2) is 10.3 Å². The summed E-state index contributed by atoms with van der Waals surface area (Å²) in [4.78, 5) is 25.0. The number of carbonyl (C=O) groups is 1. The van der Waals surface area contributed by atoms with Crippen molar-refractivity contribution >= 4 is 44.7 Å². The van der Waals surface area contributed by atoms with Crippen molar-refractivity contribution in [2.24, 2.45) is 0 Å². The van der Waals surface area contributed by atoms with E-state index in [2.05, 4.69) is 25.6 Å². The molecule has 23 heavy (non-hydrogen) atoms. The minimum absolute atomic E-state index is 0.120. The molecule has 3 aromatic rings. The number of nitrogens with zero attached hydrogens (tertiary/aromatic N) is 3. The van der Waals surface area contributed by atoms with Crippen LogP contribution < -0.4 is 10.6 Å². The first-order valence-electron chi connectivity index (χ1n) is 6.95. The molecule has 6 nitrogen and oxygen atoms in total. The second-order valence-electron chi connectivity index (χ2n) is 4.95. The summed E-state index contributed by atoms with van der Waals surface area (Å²) in [5, 5.41) is 11.0. The number of aryl methyl sites for hydroxylation is 2. The first-order valence-corrected chi connectivity index (χ1v) is 8.71. The molecule has 0 fully saturated rings. The van der Waals surface area contributed by atoms with Crippen LogP contribution in [-0.4, -0.2) is 20.9 Å². The van der Waals surface area contributed by atoms with E-state index in [0.29, 0.717) is 5.13 Å². The lowest BCUT2D eigenvalue weighted by Gasteiger charge is -2.02. The Kier molecular flexibility index (Phi) is 4.63. The maximum atomic E-state index is 12.0. The van der Waals surface area contributed by atoms with Crippen molar-refractivity contribution in [2.75, 3.05) is 10.6 Å². The molecule has 0 aliphatic rings. The molecule has 118 valence electrons. The van der Waals surface area contributed by atoms with E-state index in [4.69, 9.17) is 0 Å². The highest BCUT2D eigenvalue weighted by molar-refractivity contribution is 7.14. The van der Waals surface area contributed by atoms with Crippen LogP contribution in [0.2, 0.25) is 0 Å². The lowest BCUT2D eigenvalue weighted by molar-refractivity contribution is -0.115. The van der Waals surface area contributed by atoms with E-state index in [9.17, 15) is 4.79 Å². The molecule has 1 amide bonds. The van der Waals surface area contributed by atoms with E-state index < -0.39 is 0 Å². The fraction of sp³-hybridized carbons (Fsp3) is 0.200. The summed E-state index contributed by atoms with van der Waals surface area (Å²) < 4.78 is 0. The van der Waals surface area contributed by atoms with Crippen molar-refractivity contribution in [1.82, 2.24) is 15.0 Å². The van der Waals surface area contributed by atoms with Crippen molar-refractivity contribution in [3.63, 3.8) is 0 Å². The summed E-state index contributed by atoms with van der Waals surface area (Å²) in [5.74, 6) is 0.624. The van der Waals surface area contributed by atoms with E-state index in [1.54, 1.807) is 0 Å². The number of pyridine rings is 1. The van der Waals surface area contributed by atoms with Gasteiger partial charge in [0, 0.05) is 16.5 Å². The highest BCUT2D eigenvalue weighted by Crippen LogP contribution is 2.21. The maximum Gasteiger partial charge on any atom is 0.232 e. The number of aromatic nitrogens is 3. The summed E-state index contributed by atoms with van der Waals surface area (Å²) in [6.07, 6.45) is 0.220. The fourth-order valence-corrected chi connectivity index (χ4v) is 3.33.